The number of aromatic nitrogens is 1. The van der Waals surface area contributed by atoms with E-state index >= 15 is 0 Å². The van der Waals surface area contributed by atoms with Crippen molar-refractivity contribution in [2.75, 3.05) is 26.8 Å². The standard InChI is InChI=1S/C19H31N3O3/c1-5-19(18(20)24)8-6-9-21(13-19)17(23)16-12-14(2)22(15(16)3)10-7-11-25-4/h12H,5-11,13H2,1-4H3,(H2,20,24)/t19-/m0/s1. The second kappa shape index (κ2) is 8.04. The summed E-state index contributed by atoms with van der Waals surface area (Å²) < 4.78 is 7.28. The quantitative estimate of drug-likeness (QED) is 0.767. The van der Waals surface area contributed by atoms with Gasteiger partial charge in [0, 0.05) is 44.7 Å². The van der Waals surface area contributed by atoms with Gasteiger partial charge in [0.25, 0.3) is 5.91 Å². The predicted molar refractivity (Wildman–Crippen MR) is 97.5 cm³/mol. The minimum atomic E-state index is -0.585. The number of rotatable bonds is 7. The first-order valence-corrected chi connectivity index (χ1v) is 9.11. The normalized spacial score (nSPS) is 20.7. The second-order valence-electron chi connectivity index (χ2n) is 7.11. The Balaban J connectivity index is 2.20. The maximum absolute atomic E-state index is 13.1. The van der Waals surface area contributed by atoms with Crippen molar-refractivity contribution >= 4 is 11.8 Å². The Labute approximate surface area is 150 Å². The molecule has 0 radical (unpaired) electrons. The largest absolute Gasteiger partial charge is 0.385 e. The highest BCUT2D eigenvalue weighted by Crippen LogP contribution is 2.34. The number of carbonyl (C=O) groups is 2. The third-order valence-corrected chi connectivity index (χ3v) is 5.60. The van der Waals surface area contributed by atoms with Gasteiger partial charge >= 0.3 is 0 Å². The fourth-order valence-electron chi connectivity index (χ4n) is 3.87. The van der Waals surface area contributed by atoms with Crippen LogP contribution in [0, 0.1) is 19.3 Å². The lowest BCUT2D eigenvalue weighted by Gasteiger charge is -2.40. The van der Waals surface area contributed by atoms with Crippen LogP contribution in [0.25, 0.3) is 0 Å². The molecule has 6 heteroatoms. The molecule has 0 unspecified atom stereocenters. The molecule has 1 aromatic rings. The maximum Gasteiger partial charge on any atom is 0.255 e. The number of aryl methyl sites for hydroxylation is 1. The average Bonchev–Trinajstić information content (AvgIpc) is 2.89. The molecule has 1 aliphatic rings. The van der Waals surface area contributed by atoms with Crippen molar-refractivity contribution in [1.82, 2.24) is 9.47 Å². The van der Waals surface area contributed by atoms with E-state index in [4.69, 9.17) is 10.5 Å². The number of carbonyl (C=O) groups excluding carboxylic acids is 2. The summed E-state index contributed by atoms with van der Waals surface area (Å²) >= 11 is 0. The Morgan fingerprint density at radius 2 is 2.08 bits per heavy atom. The van der Waals surface area contributed by atoms with Crippen LogP contribution in [0.2, 0.25) is 0 Å². The zero-order valence-corrected chi connectivity index (χ0v) is 15.9. The molecule has 2 rings (SSSR count). The molecule has 0 aliphatic carbocycles. The Morgan fingerprint density at radius 3 is 2.68 bits per heavy atom. The van der Waals surface area contributed by atoms with Gasteiger partial charge in [0.2, 0.25) is 5.91 Å². The number of piperidine rings is 1. The number of nitrogens with two attached hydrogens (primary N) is 1. The Hall–Kier alpha value is -1.82. The molecule has 140 valence electrons. The van der Waals surface area contributed by atoms with Crippen LogP contribution in [-0.4, -0.2) is 48.1 Å². The van der Waals surface area contributed by atoms with Crippen molar-refractivity contribution in [2.45, 2.75) is 53.0 Å². The summed E-state index contributed by atoms with van der Waals surface area (Å²) in [5.41, 5.74) is 7.84. The van der Waals surface area contributed by atoms with Crippen LogP contribution in [0.4, 0.5) is 0 Å². The van der Waals surface area contributed by atoms with Crippen molar-refractivity contribution in [3.8, 4) is 0 Å². The fraction of sp³-hybridized carbons (Fsp3) is 0.684. The molecule has 1 aliphatic heterocycles. The van der Waals surface area contributed by atoms with Crippen LogP contribution in [0.3, 0.4) is 0 Å². The van der Waals surface area contributed by atoms with Gasteiger partial charge < -0.3 is 19.9 Å². The van der Waals surface area contributed by atoms with Crippen molar-refractivity contribution in [3.63, 3.8) is 0 Å². The van der Waals surface area contributed by atoms with Crippen LogP contribution in [0.15, 0.2) is 6.07 Å². The summed E-state index contributed by atoms with van der Waals surface area (Å²) in [6, 6.07) is 1.96. The van der Waals surface area contributed by atoms with Crippen molar-refractivity contribution in [1.29, 1.82) is 0 Å². The molecule has 6 nitrogen and oxygen atoms in total. The molecule has 0 spiro atoms. The highest BCUT2D eigenvalue weighted by Gasteiger charge is 2.41. The number of methoxy groups -OCH3 is 1. The van der Waals surface area contributed by atoms with E-state index in [2.05, 4.69) is 4.57 Å². The number of likely N-dealkylation sites (tertiary alicyclic amines) is 1. The number of amides is 2. The summed E-state index contributed by atoms with van der Waals surface area (Å²) in [5.74, 6) is -0.289. The van der Waals surface area contributed by atoms with Crippen LogP contribution in [-0.2, 0) is 16.1 Å². The summed E-state index contributed by atoms with van der Waals surface area (Å²) in [5, 5.41) is 0. The van der Waals surface area contributed by atoms with E-state index in [-0.39, 0.29) is 11.8 Å². The van der Waals surface area contributed by atoms with Crippen LogP contribution in [0.5, 0.6) is 0 Å². The van der Waals surface area contributed by atoms with Crippen LogP contribution in [0.1, 0.15) is 54.4 Å². The second-order valence-corrected chi connectivity index (χ2v) is 7.11. The molecule has 1 aromatic heterocycles. The van der Waals surface area contributed by atoms with E-state index in [9.17, 15) is 9.59 Å². The topological polar surface area (TPSA) is 77.6 Å². The zero-order chi connectivity index (χ0) is 18.6. The van der Waals surface area contributed by atoms with Gasteiger partial charge in [-0.3, -0.25) is 9.59 Å². The lowest BCUT2D eigenvalue weighted by Crippen LogP contribution is -2.51. The van der Waals surface area contributed by atoms with Gasteiger partial charge in [0.05, 0.1) is 11.0 Å². The molecular formula is C19H31N3O3. The van der Waals surface area contributed by atoms with Crippen molar-refractivity contribution in [3.05, 3.63) is 23.0 Å². The first kappa shape index (κ1) is 19.5. The highest BCUT2D eigenvalue weighted by molar-refractivity contribution is 5.96. The molecule has 25 heavy (non-hydrogen) atoms. The summed E-state index contributed by atoms with van der Waals surface area (Å²) in [6.07, 6.45) is 3.15. The summed E-state index contributed by atoms with van der Waals surface area (Å²) in [6.45, 7) is 8.61. The molecule has 0 aromatic carbocycles. The van der Waals surface area contributed by atoms with E-state index in [0.717, 1.165) is 42.8 Å². The smallest absolute Gasteiger partial charge is 0.255 e. The number of nitrogens with zero attached hydrogens (tertiary/aromatic N) is 2. The lowest BCUT2D eigenvalue weighted by atomic mass is 9.77. The van der Waals surface area contributed by atoms with Crippen LogP contribution >= 0.6 is 0 Å². The van der Waals surface area contributed by atoms with Crippen molar-refractivity contribution < 1.29 is 14.3 Å². The van der Waals surface area contributed by atoms with E-state index < -0.39 is 5.41 Å². The molecule has 0 saturated carbocycles. The first-order chi connectivity index (χ1) is 11.9. The molecule has 2 heterocycles. The van der Waals surface area contributed by atoms with Gasteiger partial charge in [0.15, 0.2) is 0 Å². The Bertz CT molecular complexity index is 638. The van der Waals surface area contributed by atoms with E-state index in [1.807, 2.05) is 26.8 Å². The zero-order valence-electron chi connectivity index (χ0n) is 15.9. The molecule has 1 fully saturated rings. The lowest BCUT2D eigenvalue weighted by molar-refractivity contribution is -0.130. The summed E-state index contributed by atoms with van der Waals surface area (Å²) in [4.78, 5) is 26.8. The average molecular weight is 349 g/mol. The third-order valence-electron chi connectivity index (χ3n) is 5.60. The molecule has 1 atom stereocenters. The minimum Gasteiger partial charge on any atom is -0.385 e. The molecule has 2 N–H and O–H groups in total. The molecular weight excluding hydrogens is 318 g/mol. The fourth-order valence-corrected chi connectivity index (χ4v) is 3.87. The van der Waals surface area contributed by atoms with Crippen molar-refractivity contribution in [2.24, 2.45) is 11.1 Å². The van der Waals surface area contributed by atoms with Crippen LogP contribution < -0.4 is 5.73 Å². The van der Waals surface area contributed by atoms with Gasteiger partial charge in [-0.25, -0.2) is 0 Å². The Morgan fingerprint density at radius 1 is 1.36 bits per heavy atom. The van der Waals surface area contributed by atoms with E-state index in [1.54, 1.807) is 12.0 Å². The summed E-state index contributed by atoms with van der Waals surface area (Å²) in [7, 11) is 1.69. The monoisotopic (exact) mass is 349 g/mol. The van der Waals surface area contributed by atoms with Gasteiger partial charge in [-0.15, -0.1) is 0 Å². The van der Waals surface area contributed by atoms with Gasteiger partial charge in [0.1, 0.15) is 0 Å². The molecule has 2 amide bonds. The third kappa shape index (κ3) is 3.89. The number of hydrogen-bond donors (Lipinski definition) is 1. The maximum atomic E-state index is 13.1. The minimum absolute atomic E-state index is 0.00451. The number of hydrogen-bond acceptors (Lipinski definition) is 3. The van der Waals surface area contributed by atoms with E-state index in [0.29, 0.717) is 26.1 Å². The highest BCUT2D eigenvalue weighted by atomic mass is 16.5. The molecule has 0 bridgehead atoms. The number of ether oxygens (including phenoxy) is 1. The predicted octanol–water partition coefficient (Wildman–Crippen LogP) is 2.26. The van der Waals surface area contributed by atoms with Gasteiger partial charge in [-0.1, -0.05) is 6.92 Å². The first-order valence-electron chi connectivity index (χ1n) is 9.11. The molecule has 1 saturated heterocycles. The van der Waals surface area contributed by atoms with Gasteiger partial charge in [-0.2, -0.15) is 0 Å². The SMILES string of the molecule is CC[C@]1(C(N)=O)CCCN(C(=O)c2cc(C)n(CCCOC)c2C)C1. The number of primary amides is 1. The van der Waals surface area contributed by atoms with E-state index in [1.165, 1.54) is 0 Å². The van der Waals surface area contributed by atoms with Gasteiger partial charge in [-0.05, 0) is 45.6 Å². The Kier molecular flexibility index (Phi) is 6.27.